The molecule has 7 heteroatoms. The summed E-state index contributed by atoms with van der Waals surface area (Å²) < 4.78 is 0. The lowest BCUT2D eigenvalue weighted by Crippen LogP contribution is -2.25. The summed E-state index contributed by atoms with van der Waals surface area (Å²) in [6.45, 7) is 1.64. The van der Waals surface area contributed by atoms with Crippen LogP contribution >= 0.6 is 23.7 Å². The van der Waals surface area contributed by atoms with Crippen LogP contribution in [0.25, 0.3) is 0 Å². The van der Waals surface area contributed by atoms with Crippen molar-refractivity contribution in [1.29, 1.82) is 0 Å². The van der Waals surface area contributed by atoms with Gasteiger partial charge in [-0.1, -0.05) is 0 Å². The number of anilines is 1. The zero-order valence-corrected chi connectivity index (χ0v) is 11.2. The fourth-order valence-electron chi connectivity index (χ4n) is 1.94. The topological polar surface area (TPSA) is 69.8 Å². The number of hydrogen-bond donors (Lipinski definition) is 3. The summed E-state index contributed by atoms with van der Waals surface area (Å²) in [5, 5.41) is 16.9. The fraction of sp³-hybridized carbons (Fsp3) is 0.273. The third-order valence-electron chi connectivity index (χ3n) is 2.80. The average Bonchev–Trinajstić information content (AvgIpc) is 2.96. The molecule has 0 atom stereocenters. The molecule has 0 unspecified atom stereocenters. The van der Waals surface area contributed by atoms with E-state index < -0.39 is 0 Å². The van der Waals surface area contributed by atoms with Gasteiger partial charge in [0.05, 0.1) is 5.69 Å². The highest BCUT2D eigenvalue weighted by atomic mass is 35.5. The van der Waals surface area contributed by atoms with Crippen LogP contribution in [0, 0.1) is 0 Å². The van der Waals surface area contributed by atoms with Crippen LogP contribution in [0.15, 0.2) is 16.8 Å². The van der Waals surface area contributed by atoms with Gasteiger partial charge in [-0.2, -0.15) is 16.4 Å². The lowest BCUT2D eigenvalue weighted by atomic mass is 10.1. The van der Waals surface area contributed by atoms with E-state index in [4.69, 9.17) is 0 Å². The SMILES string of the molecule is Cl.O=C(Nc1ccsc1)c1n[nH]c2c1CNCC2. The Hall–Kier alpha value is -1.37. The average molecular weight is 285 g/mol. The third kappa shape index (κ3) is 2.40. The first kappa shape index (κ1) is 13.1. The summed E-state index contributed by atoms with van der Waals surface area (Å²) in [5.41, 5.74) is 3.38. The molecule has 0 spiro atoms. The lowest BCUT2D eigenvalue weighted by molar-refractivity contribution is 0.102. The molecule has 5 nitrogen and oxygen atoms in total. The van der Waals surface area contributed by atoms with Crippen LogP contribution in [0.4, 0.5) is 5.69 Å². The molecule has 0 radical (unpaired) electrons. The number of H-pyrrole nitrogens is 1. The molecule has 18 heavy (non-hydrogen) atoms. The predicted octanol–water partition coefficient (Wildman–Crippen LogP) is 1.79. The summed E-state index contributed by atoms with van der Waals surface area (Å²) in [7, 11) is 0. The van der Waals surface area contributed by atoms with Gasteiger partial charge >= 0.3 is 0 Å². The van der Waals surface area contributed by atoms with Crippen LogP contribution in [0.3, 0.4) is 0 Å². The molecule has 1 amide bonds. The predicted molar refractivity (Wildman–Crippen MR) is 73.5 cm³/mol. The summed E-state index contributed by atoms with van der Waals surface area (Å²) >= 11 is 1.55. The third-order valence-corrected chi connectivity index (χ3v) is 3.48. The Bertz CT molecular complexity index is 537. The van der Waals surface area contributed by atoms with Crippen LogP contribution in [-0.2, 0) is 13.0 Å². The van der Waals surface area contributed by atoms with Crippen LogP contribution in [0.5, 0.6) is 0 Å². The zero-order valence-electron chi connectivity index (χ0n) is 9.53. The highest BCUT2D eigenvalue weighted by Gasteiger charge is 2.21. The number of nitrogens with one attached hydrogen (secondary N) is 3. The number of fused-ring (bicyclic) bond motifs is 1. The van der Waals surface area contributed by atoms with E-state index in [0.717, 1.165) is 29.9 Å². The molecule has 3 N–H and O–H groups in total. The Labute approximate surface area is 114 Å². The van der Waals surface area contributed by atoms with Crippen molar-refractivity contribution in [2.45, 2.75) is 13.0 Å². The standard InChI is InChI=1S/C11H12N4OS.ClH/c16-11(13-7-2-4-17-6-7)10-8-5-12-3-1-9(8)14-15-10;/h2,4,6,12H,1,3,5H2,(H,13,16)(H,14,15);1H. The Morgan fingerprint density at radius 2 is 2.39 bits per heavy atom. The van der Waals surface area contributed by atoms with E-state index in [1.807, 2.05) is 16.8 Å². The molecule has 2 aromatic rings. The molecule has 0 saturated carbocycles. The normalized spacial score (nSPS) is 13.6. The minimum absolute atomic E-state index is 0. The van der Waals surface area contributed by atoms with Crippen molar-refractivity contribution in [2.24, 2.45) is 0 Å². The van der Waals surface area contributed by atoms with Crippen molar-refractivity contribution >= 4 is 35.3 Å². The van der Waals surface area contributed by atoms with Gasteiger partial charge in [-0.25, -0.2) is 0 Å². The smallest absolute Gasteiger partial charge is 0.276 e. The van der Waals surface area contributed by atoms with E-state index in [1.54, 1.807) is 11.3 Å². The van der Waals surface area contributed by atoms with Gasteiger partial charge < -0.3 is 10.6 Å². The molecular formula is C11H13ClN4OS. The number of hydrogen-bond acceptors (Lipinski definition) is 4. The number of aromatic nitrogens is 2. The van der Waals surface area contributed by atoms with E-state index in [0.29, 0.717) is 12.2 Å². The molecule has 3 rings (SSSR count). The Kier molecular flexibility index (Phi) is 4.00. The fourth-order valence-corrected chi connectivity index (χ4v) is 2.53. The number of thiophene rings is 1. The van der Waals surface area contributed by atoms with Gasteiger partial charge in [-0.05, 0) is 11.4 Å². The molecular weight excluding hydrogens is 272 g/mol. The van der Waals surface area contributed by atoms with Gasteiger partial charge in [0, 0.05) is 36.1 Å². The van der Waals surface area contributed by atoms with Crippen molar-refractivity contribution < 1.29 is 4.79 Å². The van der Waals surface area contributed by atoms with E-state index in [-0.39, 0.29) is 18.3 Å². The minimum atomic E-state index is -0.149. The molecule has 3 heterocycles. The summed E-state index contributed by atoms with van der Waals surface area (Å²) in [5.74, 6) is -0.149. The number of carbonyl (C=O) groups is 1. The quantitative estimate of drug-likeness (QED) is 0.787. The van der Waals surface area contributed by atoms with Gasteiger partial charge in [-0.15, -0.1) is 12.4 Å². The van der Waals surface area contributed by atoms with E-state index in [1.165, 1.54) is 0 Å². The Morgan fingerprint density at radius 1 is 1.50 bits per heavy atom. The number of carbonyl (C=O) groups excluding carboxylic acids is 1. The zero-order chi connectivity index (χ0) is 11.7. The van der Waals surface area contributed by atoms with Crippen molar-refractivity contribution in [1.82, 2.24) is 15.5 Å². The van der Waals surface area contributed by atoms with Gasteiger partial charge in [-0.3, -0.25) is 9.89 Å². The Balaban J connectivity index is 0.00000120. The van der Waals surface area contributed by atoms with Crippen molar-refractivity contribution in [3.05, 3.63) is 33.8 Å². The van der Waals surface area contributed by atoms with Crippen molar-refractivity contribution in [3.63, 3.8) is 0 Å². The second-order valence-corrected chi connectivity index (χ2v) is 4.70. The first-order valence-corrected chi connectivity index (χ1v) is 6.39. The summed E-state index contributed by atoms with van der Waals surface area (Å²) in [6.07, 6.45) is 0.897. The largest absolute Gasteiger partial charge is 0.320 e. The van der Waals surface area contributed by atoms with Crippen LogP contribution in [-0.4, -0.2) is 22.6 Å². The molecule has 1 aliphatic heterocycles. The highest BCUT2D eigenvalue weighted by molar-refractivity contribution is 7.08. The Morgan fingerprint density at radius 3 is 3.17 bits per heavy atom. The van der Waals surface area contributed by atoms with Gasteiger partial charge in [0.2, 0.25) is 0 Å². The maximum Gasteiger partial charge on any atom is 0.276 e. The number of amides is 1. The monoisotopic (exact) mass is 284 g/mol. The maximum atomic E-state index is 12.0. The lowest BCUT2D eigenvalue weighted by Gasteiger charge is -2.12. The molecule has 0 bridgehead atoms. The van der Waals surface area contributed by atoms with Gasteiger partial charge in [0.1, 0.15) is 0 Å². The number of nitrogens with zero attached hydrogens (tertiary/aromatic N) is 1. The number of halogens is 1. The van der Waals surface area contributed by atoms with E-state index in [2.05, 4.69) is 20.8 Å². The molecule has 0 saturated heterocycles. The summed E-state index contributed by atoms with van der Waals surface area (Å²) in [6, 6.07) is 1.87. The van der Waals surface area contributed by atoms with Crippen LogP contribution in [0.2, 0.25) is 0 Å². The number of rotatable bonds is 2. The second-order valence-electron chi connectivity index (χ2n) is 3.92. The van der Waals surface area contributed by atoms with E-state index in [9.17, 15) is 4.79 Å². The van der Waals surface area contributed by atoms with Gasteiger partial charge in [0.15, 0.2) is 5.69 Å². The first-order valence-electron chi connectivity index (χ1n) is 5.45. The minimum Gasteiger partial charge on any atom is -0.320 e. The first-order chi connectivity index (χ1) is 8.34. The maximum absolute atomic E-state index is 12.0. The van der Waals surface area contributed by atoms with Crippen molar-refractivity contribution in [3.8, 4) is 0 Å². The number of aromatic amines is 1. The summed E-state index contributed by atoms with van der Waals surface area (Å²) in [4.78, 5) is 12.0. The van der Waals surface area contributed by atoms with Crippen LogP contribution in [0.1, 0.15) is 21.7 Å². The molecule has 0 aliphatic carbocycles. The molecule has 2 aromatic heterocycles. The van der Waals surface area contributed by atoms with Crippen LogP contribution < -0.4 is 10.6 Å². The molecule has 0 fully saturated rings. The molecule has 0 aromatic carbocycles. The molecule has 1 aliphatic rings. The van der Waals surface area contributed by atoms with E-state index >= 15 is 0 Å². The highest BCUT2D eigenvalue weighted by Crippen LogP contribution is 2.18. The second kappa shape index (κ2) is 5.51. The molecule has 96 valence electrons. The van der Waals surface area contributed by atoms with Crippen molar-refractivity contribution in [2.75, 3.05) is 11.9 Å². The van der Waals surface area contributed by atoms with Gasteiger partial charge in [0.25, 0.3) is 5.91 Å².